The van der Waals surface area contributed by atoms with Crippen molar-refractivity contribution in [1.82, 2.24) is 15.1 Å². The van der Waals surface area contributed by atoms with Crippen LogP contribution in [0.25, 0.3) is 0 Å². The van der Waals surface area contributed by atoms with Crippen LogP contribution >= 0.6 is 0 Å². The minimum absolute atomic E-state index is 0.0777. The first-order valence-corrected chi connectivity index (χ1v) is 18.0. The maximum Gasteiger partial charge on any atom is 0.313 e. The molecule has 2 N–H and O–H groups in total. The summed E-state index contributed by atoms with van der Waals surface area (Å²) in [4.78, 5) is 59.5. The zero-order valence-corrected chi connectivity index (χ0v) is 28.2. The lowest BCUT2D eigenvalue weighted by Gasteiger charge is -2.40. The molecule has 5 rings (SSSR count). The van der Waals surface area contributed by atoms with E-state index in [0.29, 0.717) is 45.2 Å². The van der Waals surface area contributed by atoms with Crippen molar-refractivity contribution in [3.8, 4) is 0 Å². The van der Waals surface area contributed by atoms with Gasteiger partial charge in [0.05, 0.1) is 24.5 Å². The summed E-state index contributed by atoms with van der Waals surface area (Å²) in [5.41, 5.74) is -0.375. The molecule has 3 saturated heterocycles. The molecule has 0 unspecified atom stereocenters. The highest BCUT2D eigenvalue weighted by molar-refractivity contribution is 5.98. The van der Waals surface area contributed by atoms with Crippen LogP contribution in [0.4, 0.5) is 0 Å². The summed E-state index contributed by atoms with van der Waals surface area (Å²) in [7, 11) is 0. The van der Waals surface area contributed by atoms with Gasteiger partial charge in [0.25, 0.3) is 0 Å². The van der Waals surface area contributed by atoms with Crippen LogP contribution in [0.2, 0.25) is 0 Å². The first kappa shape index (κ1) is 35.8. The van der Waals surface area contributed by atoms with Gasteiger partial charge in [-0.3, -0.25) is 19.2 Å². The van der Waals surface area contributed by atoms with Crippen LogP contribution in [0.3, 0.4) is 0 Å². The van der Waals surface area contributed by atoms with Gasteiger partial charge in [0.15, 0.2) is 0 Å². The molecule has 10 heteroatoms. The molecule has 0 radical (unpaired) electrons. The maximum absolute atomic E-state index is 14.7. The third-order valence-corrected chi connectivity index (χ3v) is 10.7. The second-order valence-electron chi connectivity index (χ2n) is 13.8. The summed E-state index contributed by atoms with van der Waals surface area (Å²) in [6.07, 6.45) is 12.2. The van der Waals surface area contributed by atoms with Crippen LogP contribution < -0.4 is 5.32 Å². The number of esters is 1. The van der Waals surface area contributed by atoms with Crippen molar-refractivity contribution in [2.75, 3.05) is 26.2 Å². The first-order chi connectivity index (χ1) is 23.4. The molecule has 10 nitrogen and oxygen atoms in total. The highest BCUT2D eigenvalue weighted by atomic mass is 16.6. The molecule has 1 spiro atoms. The number of fused-ring (bicyclic) bond motifs is 1. The Kier molecular flexibility index (Phi) is 12.5. The van der Waals surface area contributed by atoms with E-state index in [1.54, 1.807) is 17.1 Å². The number of nitrogens with zero attached hydrogens (tertiary/aromatic N) is 2. The van der Waals surface area contributed by atoms with Crippen molar-refractivity contribution in [3.63, 3.8) is 0 Å². The Morgan fingerprint density at radius 3 is 2.52 bits per heavy atom. The number of unbranched alkanes of at least 4 members (excludes halogenated alkanes) is 3. The normalized spacial score (nSPS) is 26.9. The van der Waals surface area contributed by atoms with E-state index in [2.05, 4.69) is 18.5 Å². The third kappa shape index (κ3) is 7.54. The molecule has 1 saturated carbocycles. The van der Waals surface area contributed by atoms with Gasteiger partial charge in [0.1, 0.15) is 17.7 Å². The number of allylic oxidation sites excluding steroid dienone is 1. The summed E-state index contributed by atoms with van der Waals surface area (Å²) >= 11 is 0. The number of nitrogens with one attached hydrogen (secondary N) is 1. The van der Waals surface area contributed by atoms with Crippen molar-refractivity contribution < 1.29 is 33.8 Å². The summed E-state index contributed by atoms with van der Waals surface area (Å²) in [6.45, 7) is 8.59. The molecular weight excluding hydrogens is 610 g/mol. The Hall–Kier alpha value is -3.50. The van der Waals surface area contributed by atoms with Crippen molar-refractivity contribution in [3.05, 3.63) is 61.2 Å². The van der Waals surface area contributed by atoms with Gasteiger partial charge in [-0.15, -0.1) is 13.2 Å². The number of ether oxygens (including phenoxy) is 2. The maximum atomic E-state index is 14.7. The molecular formula is C38H53N3O7. The van der Waals surface area contributed by atoms with Gasteiger partial charge < -0.3 is 29.7 Å². The largest absolute Gasteiger partial charge is 0.455 e. The Bertz CT molecular complexity index is 1300. The van der Waals surface area contributed by atoms with Crippen LogP contribution in [0.15, 0.2) is 55.6 Å². The molecule has 1 aromatic carbocycles. The number of hydrogen-bond donors (Lipinski definition) is 2. The van der Waals surface area contributed by atoms with E-state index < -0.39 is 41.7 Å². The summed E-state index contributed by atoms with van der Waals surface area (Å²) in [6, 6.07) is 8.51. The molecule has 3 heterocycles. The summed E-state index contributed by atoms with van der Waals surface area (Å²) in [5.74, 6) is -2.74. The number of carbonyl (C=O) groups excluding carboxylic acids is 4. The second kappa shape index (κ2) is 16.7. The van der Waals surface area contributed by atoms with E-state index in [1.165, 1.54) is 0 Å². The standard InChI is InChI=1S/C38H53N3O7/c1-3-5-20-31(43)39-26-30(27-16-10-8-11-17-27)47-37(46)32-29-21-22-38(48-29)33(32)35(44)41(24-14-6-7-15-25-42)34(38)36(45)40(23-4-2)28-18-12-9-13-19-28/h3-4,8,10-11,16-17,28-30,32-34,42H,1-2,5-7,9,12-15,18-26H2,(H,39,43)/t29-,30+,32+,33+,34-,38+/m1/s1. The van der Waals surface area contributed by atoms with Gasteiger partial charge in [0.2, 0.25) is 17.7 Å². The predicted octanol–water partition coefficient (Wildman–Crippen LogP) is 4.63. The van der Waals surface area contributed by atoms with E-state index in [4.69, 9.17) is 9.47 Å². The van der Waals surface area contributed by atoms with Crippen LogP contribution in [-0.4, -0.2) is 88.6 Å². The zero-order chi connectivity index (χ0) is 34.1. The summed E-state index contributed by atoms with van der Waals surface area (Å²) < 4.78 is 12.9. The fourth-order valence-corrected chi connectivity index (χ4v) is 8.44. The minimum Gasteiger partial charge on any atom is -0.455 e. The fourth-order valence-electron chi connectivity index (χ4n) is 8.44. The Balaban J connectivity index is 1.41. The number of benzene rings is 1. The minimum atomic E-state index is -1.11. The molecule has 48 heavy (non-hydrogen) atoms. The second-order valence-corrected chi connectivity index (χ2v) is 13.8. The van der Waals surface area contributed by atoms with Crippen molar-refractivity contribution in [2.24, 2.45) is 11.8 Å². The van der Waals surface area contributed by atoms with Gasteiger partial charge in [-0.05, 0) is 50.5 Å². The lowest BCUT2D eigenvalue weighted by atomic mass is 9.70. The molecule has 3 amide bonds. The lowest BCUT2D eigenvalue weighted by molar-refractivity contribution is -0.160. The van der Waals surface area contributed by atoms with Crippen molar-refractivity contribution >= 4 is 23.7 Å². The molecule has 1 aliphatic carbocycles. The van der Waals surface area contributed by atoms with Gasteiger partial charge in [-0.2, -0.15) is 0 Å². The molecule has 4 aliphatic rings. The Labute approximate surface area is 284 Å². The van der Waals surface area contributed by atoms with Crippen LogP contribution in [0, 0.1) is 11.8 Å². The van der Waals surface area contributed by atoms with Crippen molar-refractivity contribution in [2.45, 2.75) is 113 Å². The van der Waals surface area contributed by atoms with Gasteiger partial charge in [-0.25, -0.2) is 0 Å². The smallest absolute Gasteiger partial charge is 0.313 e. The van der Waals surface area contributed by atoms with Gasteiger partial charge in [0, 0.05) is 32.2 Å². The van der Waals surface area contributed by atoms with E-state index in [9.17, 15) is 24.3 Å². The van der Waals surface area contributed by atoms with Gasteiger partial charge in [-0.1, -0.05) is 74.6 Å². The SMILES string of the molecule is C=CCCC(=O)NC[C@H](OC(=O)[C@@H]1[C@H]2C(=O)N(CCCCCCO)[C@H](C(=O)N(CC=C)C3CCCCC3)[C@]23CC[C@H]1O3)c1ccccc1. The highest BCUT2D eigenvalue weighted by Crippen LogP contribution is 2.59. The Morgan fingerprint density at radius 2 is 1.81 bits per heavy atom. The average Bonchev–Trinajstić information content (AvgIpc) is 3.75. The Morgan fingerprint density at radius 1 is 1.06 bits per heavy atom. The van der Waals surface area contributed by atoms with E-state index in [1.807, 2.05) is 35.2 Å². The highest BCUT2D eigenvalue weighted by Gasteiger charge is 2.75. The number of hydrogen-bond acceptors (Lipinski definition) is 7. The van der Waals surface area contributed by atoms with Crippen LogP contribution in [0.5, 0.6) is 0 Å². The zero-order valence-electron chi connectivity index (χ0n) is 28.2. The topological polar surface area (TPSA) is 125 Å². The number of likely N-dealkylation sites (tertiary alicyclic amines) is 1. The van der Waals surface area contributed by atoms with Crippen molar-refractivity contribution in [1.29, 1.82) is 0 Å². The number of aliphatic hydroxyl groups excluding tert-OH is 1. The van der Waals surface area contributed by atoms with Gasteiger partial charge >= 0.3 is 5.97 Å². The number of amides is 3. The quantitative estimate of drug-likeness (QED) is 0.133. The molecule has 262 valence electrons. The molecule has 3 aliphatic heterocycles. The number of aliphatic hydroxyl groups is 1. The van der Waals surface area contributed by atoms with E-state index >= 15 is 0 Å². The molecule has 4 fully saturated rings. The first-order valence-electron chi connectivity index (χ1n) is 18.0. The van der Waals surface area contributed by atoms with E-state index in [0.717, 1.165) is 50.5 Å². The third-order valence-electron chi connectivity index (χ3n) is 10.7. The lowest BCUT2D eigenvalue weighted by Crippen LogP contribution is -2.58. The molecule has 2 bridgehead atoms. The average molecular weight is 664 g/mol. The monoisotopic (exact) mass is 663 g/mol. The van der Waals surface area contributed by atoms with E-state index in [-0.39, 0.29) is 43.3 Å². The fraction of sp³-hybridized carbons (Fsp3) is 0.632. The number of rotatable bonds is 18. The molecule has 1 aromatic rings. The summed E-state index contributed by atoms with van der Waals surface area (Å²) in [5, 5.41) is 12.1. The molecule has 6 atom stereocenters. The van der Waals surface area contributed by atoms with Crippen LogP contribution in [0.1, 0.15) is 95.1 Å². The van der Waals surface area contributed by atoms with Crippen LogP contribution in [-0.2, 0) is 28.7 Å². The molecule has 0 aromatic heterocycles. The number of carbonyl (C=O) groups is 4. The predicted molar refractivity (Wildman–Crippen MR) is 181 cm³/mol.